The normalized spacial score (nSPS) is 21.1. The monoisotopic (exact) mass is 465 g/mol. The first-order chi connectivity index (χ1) is 14.1. The number of fused-ring (bicyclic) bond motifs is 1. The van der Waals surface area contributed by atoms with Crippen LogP contribution in [0.4, 0.5) is 10.6 Å². The highest BCUT2D eigenvalue weighted by Gasteiger charge is 2.31. The van der Waals surface area contributed by atoms with E-state index in [1.165, 1.54) is 6.33 Å². The zero-order valence-electron chi connectivity index (χ0n) is 16.1. The van der Waals surface area contributed by atoms with Crippen LogP contribution in [0.15, 0.2) is 6.33 Å². The molecule has 3 rings (SSSR count). The molecule has 3 N–H and O–H groups in total. The SMILES string of the molecule is CC(C)OC(=O)OCOP(=O)(O)OC[C@@H]1CCC(n2cnc3c(N)nc(Cl)nc32)O1. The maximum atomic E-state index is 11.9. The predicted molar refractivity (Wildman–Crippen MR) is 102 cm³/mol. The van der Waals surface area contributed by atoms with Gasteiger partial charge in [0.1, 0.15) is 11.7 Å². The summed E-state index contributed by atoms with van der Waals surface area (Å²) in [6.07, 6.45) is 0.267. The zero-order chi connectivity index (χ0) is 21.9. The molecule has 3 atom stereocenters. The Morgan fingerprint density at radius 3 is 2.93 bits per heavy atom. The summed E-state index contributed by atoms with van der Waals surface area (Å²) in [5, 5.41) is -0.0162. The van der Waals surface area contributed by atoms with Crippen molar-refractivity contribution < 1.29 is 37.5 Å². The molecule has 0 saturated carbocycles. The van der Waals surface area contributed by atoms with Crippen LogP contribution in [0.2, 0.25) is 5.28 Å². The minimum Gasteiger partial charge on any atom is -0.432 e. The molecular weight excluding hydrogens is 445 g/mol. The van der Waals surface area contributed by atoms with Gasteiger partial charge in [-0.05, 0) is 38.3 Å². The molecular formula is C15H21ClN5O8P. The fraction of sp³-hybridized carbons (Fsp3) is 0.600. The molecule has 2 aromatic rings. The average molecular weight is 466 g/mol. The van der Waals surface area contributed by atoms with Crippen LogP contribution >= 0.6 is 19.4 Å². The maximum absolute atomic E-state index is 11.9. The van der Waals surface area contributed by atoms with E-state index in [-0.39, 0.29) is 17.7 Å². The number of nitrogen functional groups attached to an aromatic ring is 1. The number of carbonyl (C=O) groups excluding carboxylic acids is 1. The second kappa shape index (κ2) is 9.41. The quantitative estimate of drug-likeness (QED) is 0.253. The van der Waals surface area contributed by atoms with Crippen LogP contribution in [0.25, 0.3) is 11.2 Å². The second-order valence-corrected chi connectivity index (χ2v) is 8.36. The van der Waals surface area contributed by atoms with Gasteiger partial charge in [0.05, 0.1) is 25.1 Å². The molecule has 2 unspecified atom stereocenters. The molecule has 1 aliphatic rings. The van der Waals surface area contributed by atoms with Crippen LogP contribution in [0.5, 0.6) is 0 Å². The number of nitrogens with two attached hydrogens (primary N) is 1. The molecule has 13 nitrogen and oxygen atoms in total. The molecule has 0 spiro atoms. The van der Waals surface area contributed by atoms with E-state index in [1.807, 2.05) is 0 Å². The average Bonchev–Trinajstić information content (AvgIpc) is 3.25. The number of rotatable bonds is 8. The van der Waals surface area contributed by atoms with Crippen LogP contribution < -0.4 is 5.73 Å². The van der Waals surface area contributed by atoms with E-state index in [4.69, 9.17) is 31.3 Å². The zero-order valence-corrected chi connectivity index (χ0v) is 17.8. The van der Waals surface area contributed by atoms with Crippen LogP contribution in [-0.2, 0) is 27.8 Å². The molecule has 0 amide bonds. The highest BCUT2D eigenvalue weighted by atomic mass is 35.5. The molecule has 15 heteroatoms. The van der Waals surface area contributed by atoms with E-state index in [9.17, 15) is 14.3 Å². The molecule has 30 heavy (non-hydrogen) atoms. The summed E-state index contributed by atoms with van der Waals surface area (Å²) in [6.45, 7) is 2.24. The number of aromatic nitrogens is 4. The van der Waals surface area contributed by atoms with Gasteiger partial charge < -0.3 is 24.8 Å². The van der Waals surface area contributed by atoms with Crippen LogP contribution in [0.3, 0.4) is 0 Å². The summed E-state index contributed by atoms with van der Waals surface area (Å²) < 4.78 is 38.1. The molecule has 1 fully saturated rings. The molecule has 2 aromatic heterocycles. The summed E-state index contributed by atoms with van der Waals surface area (Å²) in [5.74, 6) is 0.152. The van der Waals surface area contributed by atoms with E-state index < -0.39 is 39.2 Å². The Labute approximate surface area is 176 Å². The van der Waals surface area contributed by atoms with Gasteiger partial charge in [0.2, 0.25) is 12.1 Å². The Morgan fingerprint density at radius 1 is 1.43 bits per heavy atom. The molecule has 3 heterocycles. The number of anilines is 1. The first-order valence-corrected chi connectivity index (χ1v) is 10.8. The second-order valence-electron chi connectivity index (χ2n) is 6.56. The summed E-state index contributed by atoms with van der Waals surface area (Å²) in [5.41, 5.74) is 6.60. The topological polar surface area (TPSA) is 170 Å². The lowest BCUT2D eigenvalue weighted by Crippen LogP contribution is -2.17. The van der Waals surface area contributed by atoms with Crippen LogP contribution in [0.1, 0.15) is 32.9 Å². The number of ether oxygens (including phenoxy) is 3. The van der Waals surface area contributed by atoms with Gasteiger partial charge in [0, 0.05) is 0 Å². The number of imidazole rings is 1. The number of carbonyl (C=O) groups is 1. The smallest absolute Gasteiger partial charge is 0.432 e. The Balaban J connectivity index is 1.49. The van der Waals surface area contributed by atoms with Gasteiger partial charge in [0.25, 0.3) is 0 Å². The number of nitrogens with zero attached hydrogens (tertiary/aromatic N) is 4. The molecule has 0 bridgehead atoms. The van der Waals surface area contributed by atoms with Gasteiger partial charge in [-0.3, -0.25) is 9.09 Å². The van der Waals surface area contributed by atoms with E-state index in [1.54, 1.807) is 18.4 Å². The lowest BCUT2D eigenvalue weighted by atomic mass is 10.2. The Bertz CT molecular complexity index is 957. The molecule has 1 aliphatic heterocycles. The van der Waals surface area contributed by atoms with E-state index in [2.05, 4.69) is 24.2 Å². The van der Waals surface area contributed by atoms with Crippen molar-refractivity contribution in [3.05, 3.63) is 11.6 Å². The van der Waals surface area contributed by atoms with Crippen molar-refractivity contribution in [2.45, 2.75) is 45.1 Å². The number of phosphoric acid groups is 1. The van der Waals surface area contributed by atoms with E-state index in [0.29, 0.717) is 24.0 Å². The molecule has 1 saturated heterocycles. The molecule has 0 aliphatic carbocycles. The van der Waals surface area contributed by atoms with Crippen molar-refractivity contribution in [2.24, 2.45) is 0 Å². The first kappa shape index (κ1) is 22.7. The number of halogens is 1. The Hall–Kier alpha value is -2.02. The Kier molecular flexibility index (Phi) is 7.11. The predicted octanol–water partition coefficient (Wildman–Crippen LogP) is 2.39. The summed E-state index contributed by atoms with van der Waals surface area (Å²) >= 11 is 5.86. The summed E-state index contributed by atoms with van der Waals surface area (Å²) in [4.78, 5) is 33.0. The van der Waals surface area contributed by atoms with Crippen LogP contribution in [0, 0.1) is 0 Å². The molecule has 0 aromatic carbocycles. The fourth-order valence-electron chi connectivity index (χ4n) is 2.72. The summed E-state index contributed by atoms with van der Waals surface area (Å²) in [6, 6.07) is 0. The largest absolute Gasteiger partial charge is 0.510 e. The highest BCUT2D eigenvalue weighted by molar-refractivity contribution is 7.47. The van der Waals surface area contributed by atoms with Crippen molar-refractivity contribution >= 4 is 42.6 Å². The van der Waals surface area contributed by atoms with Crippen molar-refractivity contribution in [3.63, 3.8) is 0 Å². The number of hydrogen-bond acceptors (Lipinski definition) is 11. The van der Waals surface area contributed by atoms with Crippen molar-refractivity contribution in [1.29, 1.82) is 0 Å². The minimum absolute atomic E-state index is 0.0162. The lowest BCUT2D eigenvalue weighted by molar-refractivity contribution is -0.0373. The van der Waals surface area contributed by atoms with Crippen LogP contribution in [-0.4, -0.2) is 56.2 Å². The number of hydrogen-bond donors (Lipinski definition) is 2. The fourth-order valence-corrected chi connectivity index (χ4v) is 3.50. The molecule has 166 valence electrons. The Morgan fingerprint density at radius 2 is 2.20 bits per heavy atom. The lowest BCUT2D eigenvalue weighted by Gasteiger charge is -2.17. The van der Waals surface area contributed by atoms with E-state index in [0.717, 1.165) is 0 Å². The van der Waals surface area contributed by atoms with Gasteiger partial charge in [-0.1, -0.05) is 0 Å². The van der Waals surface area contributed by atoms with Crippen molar-refractivity contribution in [2.75, 3.05) is 19.1 Å². The van der Waals surface area contributed by atoms with Gasteiger partial charge >= 0.3 is 14.0 Å². The summed E-state index contributed by atoms with van der Waals surface area (Å²) in [7, 11) is -4.45. The van der Waals surface area contributed by atoms with Gasteiger partial charge in [-0.2, -0.15) is 9.97 Å². The van der Waals surface area contributed by atoms with Gasteiger partial charge in [-0.25, -0.2) is 18.9 Å². The minimum atomic E-state index is -4.45. The first-order valence-electron chi connectivity index (χ1n) is 8.91. The molecule has 0 radical (unpaired) electrons. The van der Waals surface area contributed by atoms with Crippen molar-refractivity contribution in [1.82, 2.24) is 19.5 Å². The number of phosphoric ester groups is 1. The third-order valence-electron chi connectivity index (χ3n) is 3.96. The van der Waals surface area contributed by atoms with Gasteiger partial charge in [-0.15, -0.1) is 0 Å². The third kappa shape index (κ3) is 5.78. The van der Waals surface area contributed by atoms with Gasteiger partial charge in [0.15, 0.2) is 11.5 Å². The van der Waals surface area contributed by atoms with E-state index >= 15 is 0 Å². The highest BCUT2D eigenvalue weighted by Crippen LogP contribution is 2.44. The third-order valence-corrected chi connectivity index (χ3v) is 5.04. The maximum Gasteiger partial charge on any atom is 0.510 e. The van der Waals surface area contributed by atoms with Crippen molar-refractivity contribution in [3.8, 4) is 0 Å². The standard InChI is InChI=1S/C15H21ClN5O8P/c1-8(2)28-15(22)25-7-27-30(23,24)26-5-9-3-4-10(29-9)21-6-18-11-12(17)19-14(16)20-13(11)21/h6,8-10H,3-5,7H2,1-2H3,(H,23,24)(H2,17,19,20)/t9-,10?/m0/s1.